The number of amides is 2. The van der Waals surface area contributed by atoms with Gasteiger partial charge in [0.2, 0.25) is 0 Å². The third-order valence-corrected chi connectivity index (χ3v) is 5.34. The number of rotatable bonds is 3. The molecule has 2 N–H and O–H groups in total. The Bertz CT molecular complexity index is 866. The van der Waals surface area contributed by atoms with Gasteiger partial charge in [-0.05, 0) is 25.5 Å². The van der Waals surface area contributed by atoms with E-state index in [9.17, 15) is 27.9 Å². The van der Waals surface area contributed by atoms with Crippen molar-refractivity contribution in [3.05, 3.63) is 34.7 Å². The first-order chi connectivity index (χ1) is 12.6. The van der Waals surface area contributed by atoms with Crippen LogP contribution in [0.25, 0.3) is 11.3 Å². The fraction of sp³-hybridized carbons (Fsp3) is 0.353. The van der Waals surface area contributed by atoms with Crippen LogP contribution >= 0.6 is 11.3 Å². The van der Waals surface area contributed by atoms with Crippen LogP contribution in [0.4, 0.5) is 23.7 Å². The molecule has 3 rings (SSSR count). The number of nitrogens with zero attached hydrogens (tertiary/aromatic N) is 2. The molecule has 2 aromatic rings. The zero-order chi connectivity index (χ0) is 19.8. The number of urea groups is 1. The molecule has 144 valence electrons. The lowest BCUT2D eigenvalue weighted by molar-refractivity contribution is -0.147. The van der Waals surface area contributed by atoms with Gasteiger partial charge in [-0.3, -0.25) is 4.79 Å². The largest absolute Gasteiger partial charge is 0.481 e. The number of hydrogen-bond acceptors (Lipinski definition) is 4. The molecule has 1 saturated heterocycles. The molecule has 1 aliphatic heterocycles. The number of nitrogens with one attached hydrogen (secondary N) is 1. The van der Waals surface area contributed by atoms with E-state index < -0.39 is 28.6 Å². The number of carbonyl (C=O) groups is 2. The van der Waals surface area contributed by atoms with Crippen molar-refractivity contribution >= 4 is 29.0 Å². The van der Waals surface area contributed by atoms with Crippen molar-refractivity contribution in [2.24, 2.45) is 5.41 Å². The lowest BCUT2D eigenvalue weighted by Gasteiger charge is -2.20. The van der Waals surface area contributed by atoms with E-state index >= 15 is 0 Å². The lowest BCUT2D eigenvalue weighted by atomic mass is 9.90. The maximum Gasteiger partial charge on any atom is 0.443 e. The zero-order valence-electron chi connectivity index (χ0n) is 14.2. The monoisotopic (exact) mass is 399 g/mol. The SMILES string of the molecule is CC1(C(=O)O)CCN(C(=O)Nc2ccc(-c3csc(C(F)(F)F)n3)cc2)C1. The number of hydrogen-bond donors (Lipinski definition) is 2. The summed E-state index contributed by atoms with van der Waals surface area (Å²) in [6, 6.07) is 5.84. The summed E-state index contributed by atoms with van der Waals surface area (Å²) in [6.07, 6.45) is -4.10. The Labute approximate surface area is 156 Å². The Morgan fingerprint density at radius 2 is 1.96 bits per heavy atom. The minimum atomic E-state index is -4.48. The Balaban J connectivity index is 1.65. The maximum atomic E-state index is 12.6. The standard InChI is InChI=1S/C17H16F3N3O3S/c1-16(14(24)25)6-7-23(9-16)15(26)21-11-4-2-10(3-5-11)12-8-27-13(22-12)17(18,19)20/h2-5,8H,6-7,9H2,1H3,(H,21,26)(H,24,25). The Morgan fingerprint density at radius 1 is 1.30 bits per heavy atom. The lowest BCUT2D eigenvalue weighted by Crippen LogP contribution is -2.37. The summed E-state index contributed by atoms with van der Waals surface area (Å²) in [5.74, 6) is -0.941. The maximum absolute atomic E-state index is 12.6. The number of carbonyl (C=O) groups excluding carboxylic acids is 1. The predicted molar refractivity (Wildman–Crippen MR) is 93.5 cm³/mol. The Kier molecular flexibility index (Phi) is 4.85. The van der Waals surface area contributed by atoms with Gasteiger partial charge in [0.1, 0.15) is 0 Å². The molecule has 1 aromatic heterocycles. The van der Waals surface area contributed by atoms with Gasteiger partial charge >= 0.3 is 18.2 Å². The fourth-order valence-corrected chi connectivity index (χ4v) is 3.47. The third-order valence-electron chi connectivity index (χ3n) is 4.46. The van der Waals surface area contributed by atoms with Gasteiger partial charge in [-0.1, -0.05) is 12.1 Å². The van der Waals surface area contributed by atoms with E-state index in [4.69, 9.17) is 0 Å². The number of benzene rings is 1. The van der Waals surface area contributed by atoms with Gasteiger partial charge in [0.05, 0.1) is 11.1 Å². The number of carboxylic acid groups (broad SMARTS) is 1. The van der Waals surface area contributed by atoms with E-state index in [-0.39, 0.29) is 12.2 Å². The average Bonchev–Trinajstić information content (AvgIpc) is 3.23. The number of anilines is 1. The molecule has 1 aliphatic rings. The normalized spacial score (nSPS) is 19.9. The molecule has 1 unspecified atom stereocenters. The van der Waals surface area contributed by atoms with Crippen molar-refractivity contribution in [2.45, 2.75) is 19.5 Å². The molecule has 2 amide bonds. The van der Waals surface area contributed by atoms with Crippen LogP contribution in [0.3, 0.4) is 0 Å². The smallest absolute Gasteiger partial charge is 0.443 e. The highest BCUT2D eigenvalue weighted by Gasteiger charge is 2.42. The third kappa shape index (κ3) is 4.05. The summed E-state index contributed by atoms with van der Waals surface area (Å²) in [6.45, 7) is 2.05. The van der Waals surface area contributed by atoms with Crippen molar-refractivity contribution in [2.75, 3.05) is 18.4 Å². The molecule has 2 heterocycles. The first kappa shape index (κ1) is 19.2. The van der Waals surface area contributed by atoms with Gasteiger partial charge in [-0.2, -0.15) is 13.2 Å². The molecule has 10 heteroatoms. The second kappa shape index (κ2) is 6.84. The van der Waals surface area contributed by atoms with Crippen LogP contribution in [-0.4, -0.2) is 40.1 Å². The molecule has 0 aliphatic carbocycles. The summed E-state index contributed by atoms with van der Waals surface area (Å²) in [5.41, 5.74) is 0.211. The number of likely N-dealkylation sites (tertiary alicyclic amines) is 1. The van der Waals surface area contributed by atoms with Crippen molar-refractivity contribution in [3.8, 4) is 11.3 Å². The number of halogens is 3. The number of alkyl halides is 3. The van der Waals surface area contributed by atoms with E-state index in [0.717, 1.165) is 0 Å². The van der Waals surface area contributed by atoms with E-state index in [1.54, 1.807) is 31.2 Å². The summed E-state index contributed by atoms with van der Waals surface area (Å²) in [7, 11) is 0. The molecule has 1 aromatic carbocycles. The Hall–Kier alpha value is -2.62. The average molecular weight is 399 g/mol. The van der Waals surface area contributed by atoms with Crippen LogP contribution in [0, 0.1) is 5.41 Å². The fourth-order valence-electron chi connectivity index (χ4n) is 2.77. The highest BCUT2D eigenvalue weighted by atomic mass is 32.1. The van der Waals surface area contributed by atoms with Crippen LogP contribution in [-0.2, 0) is 11.0 Å². The van der Waals surface area contributed by atoms with Crippen LogP contribution in [0.15, 0.2) is 29.6 Å². The summed E-state index contributed by atoms with van der Waals surface area (Å²) >= 11 is 0.525. The van der Waals surface area contributed by atoms with Crippen LogP contribution in [0.1, 0.15) is 18.4 Å². The first-order valence-corrected chi connectivity index (χ1v) is 8.89. The molecule has 27 heavy (non-hydrogen) atoms. The molecular formula is C17H16F3N3O3S. The van der Waals surface area contributed by atoms with Crippen LogP contribution < -0.4 is 5.32 Å². The van der Waals surface area contributed by atoms with Crippen molar-refractivity contribution in [3.63, 3.8) is 0 Å². The molecular weight excluding hydrogens is 383 g/mol. The van der Waals surface area contributed by atoms with E-state index in [2.05, 4.69) is 10.3 Å². The first-order valence-electron chi connectivity index (χ1n) is 8.01. The highest BCUT2D eigenvalue weighted by Crippen LogP contribution is 2.34. The molecule has 0 bridgehead atoms. The number of carboxylic acids is 1. The van der Waals surface area contributed by atoms with Gasteiger partial charge in [0.15, 0.2) is 5.01 Å². The van der Waals surface area contributed by atoms with Gasteiger partial charge in [-0.15, -0.1) is 11.3 Å². The molecule has 0 radical (unpaired) electrons. The van der Waals surface area contributed by atoms with Crippen molar-refractivity contribution < 1.29 is 27.9 Å². The summed E-state index contributed by atoms with van der Waals surface area (Å²) in [5, 5.41) is 12.3. The minimum Gasteiger partial charge on any atom is -0.481 e. The number of thiazole rings is 1. The van der Waals surface area contributed by atoms with Crippen molar-refractivity contribution in [1.29, 1.82) is 0 Å². The molecule has 0 spiro atoms. The number of aromatic nitrogens is 1. The molecule has 1 atom stereocenters. The topological polar surface area (TPSA) is 82.5 Å². The quantitative estimate of drug-likeness (QED) is 0.812. The minimum absolute atomic E-state index is 0.116. The van der Waals surface area contributed by atoms with Crippen molar-refractivity contribution in [1.82, 2.24) is 9.88 Å². The van der Waals surface area contributed by atoms with Crippen LogP contribution in [0.2, 0.25) is 0 Å². The molecule has 1 fully saturated rings. The summed E-state index contributed by atoms with van der Waals surface area (Å²) < 4.78 is 37.9. The second-order valence-electron chi connectivity index (χ2n) is 6.58. The van der Waals surface area contributed by atoms with Gasteiger partial charge < -0.3 is 15.3 Å². The van der Waals surface area contributed by atoms with E-state index in [1.807, 2.05) is 0 Å². The highest BCUT2D eigenvalue weighted by molar-refractivity contribution is 7.10. The molecule has 6 nitrogen and oxygen atoms in total. The Morgan fingerprint density at radius 3 is 2.48 bits per heavy atom. The predicted octanol–water partition coefficient (Wildman–Crippen LogP) is 4.16. The molecule has 0 saturated carbocycles. The van der Waals surface area contributed by atoms with E-state index in [0.29, 0.717) is 35.6 Å². The van der Waals surface area contributed by atoms with E-state index in [1.165, 1.54) is 10.3 Å². The number of aliphatic carboxylic acids is 1. The van der Waals surface area contributed by atoms with Gasteiger partial charge in [-0.25, -0.2) is 9.78 Å². The van der Waals surface area contributed by atoms with Gasteiger partial charge in [0, 0.05) is 29.7 Å². The summed E-state index contributed by atoms with van der Waals surface area (Å²) in [4.78, 5) is 28.5. The second-order valence-corrected chi connectivity index (χ2v) is 7.44. The van der Waals surface area contributed by atoms with Crippen LogP contribution in [0.5, 0.6) is 0 Å². The van der Waals surface area contributed by atoms with Gasteiger partial charge in [0.25, 0.3) is 0 Å². The zero-order valence-corrected chi connectivity index (χ0v) is 15.0.